The van der Waals surface area contributed by atoms with Crippen LogP contribution in [0, 0.1) is 5.41 Å². The lowest BCUT2D eigenvalue weighted by Gasteiger charge is -2.41. The Kier molecular flexibility index (Phi) is 9.38. The maximum absolute atomic E-state index is 5.56. The average Bonchev–Trinajstić information content (AvgIpc) is 2.58. The summed E-state index contributed by atoms with van der Waals surface area (Å²) in [7, 11) is 3.48. The van der Waals surface area contributed by atoms with Gasteiger partial charge in [-0.2, -0.15) is 0 Å². The van der Waals surface area contributed by atoms with E-state index in [1.807, 2.05) is 32.2 Å². The summed E-state index contributed by atoms with van der Waals surface area (Å²) in [6.45, 7) is 6.57. The highest BCUT2D eigenvalue weighted by molar-refractivity contribution is 14.0. The van der Waals surface area contributed by atoms with E-state index in [9.17, 15) is 0 Å². The van der Waals surface area contributed by atoms with Crippen molar-refractivity contribution in [3.63, 3.8) is 0 Å². The number of hydrogen-bond acceptors (Lipinski definition) is 3. The number of benzene rings is 1. The molecule has 1 fully saturated rings. The molecule has 0 radical (unpaired) electrons. The topological polar surface area (TPSA) is 54.9 Å². The summed E-state index contributed by atoms with van der Waals surface area (Å²) in [4.78, 5) is 4.33. The fourth-order valence-corrected chi connectivity index (χ4v) is 3.11. The van der Waals surface area contributed by atoms with Gasteiger partial charge in [-0.3, -0.25) is 4.99 Å². The second-order valence-electron chi connectivity index (χ2n) is 6.40. The van der Waals surface area contributed by atoms with Crippen LogP contribution in [0.4, 0.5) is 0 Å². The normalized spacial score (nSPS) is 15.6. The molecule has 2 rings (SSSR count). The van der Waals surface area contributed by atoms with Gasteiger partial charge in [-0.05, 0) is 49.3 Å². The summed E-state index contributed by atoms with van der Waals surface area (Å²) in [5, 5.41) is 6.85. The molecule has 0 spiro atoms. The van der Waals surface area contributed by atoms with Crippen LogP contribution in [0.3, 0.4) is 0 Å². The summed E-state index contributed by atoms with van der Waals surface area (Å²) in [6, 6.07) is 6.01. The van der Waals surface area contributed by atoms with Gasteiger partial charge in [-0.15, -0.1) is 24.0 Å². The predicted molar refractivity (Wildman–Crippen MR) is 114 cm³/mol. The molecule has 0 bridgehead atoms. The molecule has 1 aromatic rings. The molecule has 0 saturated heterocycles. The number of guanidine groups is 1. The lowest BCUT2D eigenvalue weighted by Crippen LogP contribution is -2.46. The number of halogens is 1. The van der Waals surface area contributed by atoms with Crippen molar-refractivity contribution in [1.29, 1.82) is 0 Å². The van der Waals surface area contributed by atoms with Gasteiger partial charge < -0.3 is 20.1 Å². The van der Waals surface area contributed by atoms with Gasteiger partial charge in [0.1, 0.15) is 0 Å². The first-order chi connectivity index (χ1) is 11.7. The van der Waals surface area contributed by atoms with E-state index >= 15 is 0 Å². The van der Waals surface area contributed by atoms with Crippen molar-refractivity contribution >= 4 is 29.9 Å². The van der Waals surface area contributed by atoms with E-state index in [-0.39, 0.29) is 24.0 Å². The Morgan fingerprint density at radius 3 is 2.48 bits per heavy atom. The quantitative estimate of drug-likeness (QED) is 0.350. The number of rotatable bonds is 8. The maximum Gasteiger partial charge on any atom is 0.191 e. The van der Waals surface area contributed by atoms with Gasteiger partial charge in [-0.25, -0.2) is 0 Å². The number of hydrogen-bond donors (Lipinski definition) is 2. The van der Waals surface area contributed by atoms with Crippen molar-refractivity contribution in [2.24, 2.45) is 10.4 Å². The highest BCUT2D eigenvalue weighted by Gasteiger charge is 2.34. The third-order valence-corrected chi connectivity index (χ3v) is 5.01. The van der Waals surface area contributed by atoms with Crippen LogP contribution in [0.5, 0.6) is 11.5 Å². The molecule has 1 aliphatic rings. The van der Waals surface area contributed by atoms with Crippen LogP contribution in [0.2, 0.25) is 0 Å². The Hall–Kier alpha value is -1.18. The van der Waals surface area contributed by atoms with Crippen molar-refractivity contribution in [3.05, 3.63) is 23.8 Å². The molecule has 25 heavy (non-hydrogen) atoms. The number of aliphatic imine (C=N–C) groups is 1. The average molecular weight is 461 g/mol. The van der Waals surface area contributed by atoms with E-state index in [2.05, 4.69) is 22.5 Å². The second kappa shape index (κ2) is 10.7. The molecule has 0 heterocycles. The minimum atomic E-state index is 0. The molecule has 1 aromatic carbocycles. The zero-order valence-electron chi connectivity index (χ0n) is 15.9. The smallest absolute Gasteiger partial charge is 0.191 e. The predicted octanol–water partition coefficient (Wildman–Crippen LogP) is 3.96. The van der Waals surface area contributed by atoms with Crippen molar-refractivity contribution in [1.82, 2.24) is 10.6 Å². The number of nitrogens with zero attached hydrogens (tertiary/aromatic N) is 1. The second-order valence-corrected chi connectivity index (χ2v) is 6.40. The van der Waals surface area contributed by atoms with E-state index in [0.29, 0.717) is 18.6 Å². The van der Waals surface area contributed by atoms with Crippen LogP contribution < -0.4 is 20.1 Å². The Morgan fingerprint density at radius 1 is 1.20 bits per heavy atom. The molecule has 142 valence electrons. The fourth-order valence-electron chi connectivity index (χ4n) is 3.11. The Bertz CT molecular complexity index is 554. The summed E-state index contributed by atoms with van der Waals surface area (Å²) in [5.74, 6) is 2.39. The Labute approximate surface area is 169 Å². The summed E-state index contributed by atoms with van der Waals surface area (Å²) in [5.41, 5.74) is 1.60. The van der Waals surface area contributed by atoms with Gasteiger partial charge in [0.25, 0.3) is 0 Å². The van der Waals surface area contributed by atoms with Crippen LogP contribution in [0.25, 0.3) is 0 Å². The lowest BCUT2D eigenvalue weighted by molar-refractivity contribution is 0.131. The van der Waals surface area contributed by atoms with Crippen LogP contribution in [0.15, 0.2) is 23.2 Å². The largest absolute Gasteiger partial charge is 0.493 e. The van der Waals surface area contributed by atoms with Gasteiger partial charge in [0.2, 0.25) is 0 Å². The van der Waals surface area contributed by atoms with Gasteiger partial charge >= 0.3 is 0 Å². The van der Waals surface area contributed by atoms with Crippen LogP contribution in [0.1, 0.15) is 45.1 Å². The van der Waals surface area contributed by atoms with E-state index in [1.165, 1.54) is 25.7 Å². The standard InChI is InChI=1S/C19H31N3O2.HI/c1-5-19(10-7-11-19)14-22-18(20-3)21-13-15-8-9-16(24-6-2)17(12-15)23-4;/h8-9,12H,5-7,10-11,13-14H2,1-4H3,(H2,20,21,22);1H. The maximum atomic E-state index is 5.56. The zero-order valence-corrected chi connectivity index (χ0v) is 18.2. The Morgan fingerprint density at radius 2 is 1.96 bits per heavy atom. The first-order valence-corrected chi connectivity index (χ1v) is 8.90. The molecule has 0 amide bonds. The van der Waals surface area contributed by atoms with E-state index in [1.54, 1.807) is 7.11 Å². The molecule has 0 aromatic heterocycles. The summed E-state index contributed by atoms with van der Waals surface area (Å²) < 4.78 is 11.0. The monoisotopic (exact) mass is 461 g/mol. The minimum absolute atomic E-state index is 0. The van der Waals surface area contributed by atoms with Gasteiger partial charge in [-0.1, -0.05) is 19.4 Å². The first-order valence-electron chi connectivity index (χ1n) is 8.90. The lowest BCUT2D eigenvalue weighted by atomic mass is 9.67. The number of ether oxygens (including phenoxy) is 2. The van der Waals surface area contributed by atoms with Crippen LogP contribution >= 0.6 is 24.0 Å². The third kappa shape index (κ3) is 5.94. The molecule has 1 saturated carbocycles. The van der Waals surface area contributed by atoms with Gasteiger partial charge in [0, 0.05) is 20.1 Å². The first kappa shape index (κ1) is 21.9. The summed E-state index contributed by atoms with van der Waals surface area (Å²) >= 11 is 0. The van der Waals surface area contributed by atoms with Crippen LogP contribution in [-0.2, 0) is 6.54 Å². The highest BCUT2D eigenvalue weighted by atomic mass is 127. The van der Waals surface area contributed by atoms with Crippen molar-refractivity contribution in [3.8, 4) is 11.5 Å². The van der Waals surface area contributed by atoms with E-state index < -0.39 is 0 Å². The molecule has 0 unspecified atom stereocenters. The Balaban J connectivity index is 0.00000312. The van der Waals surface area contributed by atoms with Gasteiger partial charge in [0.15, 0.2) is 17.5 Å². The number of methoxy groups -OCH3 is 1. The zero-order chi connectivity index (χ0) is 17.4. The summed E-state index contributed by atoms with van der Waals surface area (Å²) in [6.07, 6.45) is 5.23. The molecule has 5 nitrogen and oxygen atoms in total. The van der Waals surface area contributed by atoms with E-state index in [4.69, 9.17) is 9.47 Å². The van der Waals surface area contributed by atoms with Crippen molar-refractivity contribution < 1.29 is 9.47 Å². The van der Waals surface area contributed by atoms with Crippen LogP contribution in [-0.4, -0.2) is 33.3 Å². The van der Waals surface area contributed by atoms with Crippen molar-refractivity contribution in [2.75, 3.05) is 27.3 Å². The molecular formula is C19H32IN3O2. The number of nitrogens with one attached hydrogen (secondary N) is 2. The third-order valence-electron chi connectivity index (χ3n) is 5.01. The van der Waals surface area contributed by atoms with Crippen molar-refractivity contribution in [2.45, 2.75) is 46.1 Å². The molecule has 0 aliphatic heterocycles. The molecule has 0 atom stereocenters. The minimum Gasteiger partial charge on any atom is -0.493 e. The highest BCUT2D eigenvalue weighted by Crippen LogP contribution is 2.42. The molecular weight excluding hydrogens is 429 g/mol. The fraction of sp³-hybridized carbons (Fsp3) is 0.632. The van der Waals surface area contributed by atoms with E-state index in [0.717, 1.165) is 29.6 Å². The SMILES string of the molecule is CCOc1ccc(CNC(=NC)NCC2(CC)CCC2)cc1OC.I. The molecule has 6 heteroatoms. The molecule has 2 N–H and O–H groups in total. The molecule has 1 aliphatic carbocycles. The van der Waals surface area contributed by atoms with Gasteiger partial charge in [0.05, 0.1) is 13.7 Å².